The van der Waals surface area contributed by atoms with Gasteiger partial charge in [0.1, 0.15) is 5.75 Å². The first kappa shape index (κ1) is 15.0. The molecule has 20 heavy (non-hydrogen) atoms. The maximum absolute atomic E-state index is 12.4. The Kier molecular flexibility index (Phi) is 5.18. The van der Waals surface area contributed by atoms with Crippen LogP contribution in [-0.4, -0.2) is 18.9 Å². The Balaban J connectivity index is 2.00. The average Bonchev–Trinajstić information content (AvgIpc) is 2.90. The third-order valence-corrected chi connectivity index (χ3v) is 4.24. The van der Waals surface area contributed by atoms with Crippen LogP contribution in [0.2, 0.25) is 0 Å². The van der Waals surface area contributed by atoms with Gasteiger partial charge in [0.2, 0.25) is 0 Å². The summed E-state index contributed by atoms with van der Waals surface area (Å²) in [6, 6.07) is 5.89. The van der Waals surface area contributed by atoms with E-state index in [0.717, 1.165) is 30.6 Å². The van der Waals surface area contributed by atoms with Gasteiger partial charge in [-0.25, -0.2) is 0 Å². The second kappa shape index (κ2) is 6.89. The lowest BCUT2D eigenvalue weighted by Crippen LogP contribution is -2.16. The van der Waals surface area contributed by atoms with Crippen LogP contribution in [0.4, 0.5) is 0 Å². The van der Waals surface area contributed by atoms with Crippen LogP contribution in [0.1, 0.15) is 49.0 Å². The molecule has 0 aliphatic carbocycles. The summed E-state index contributed by atoms with van der Waals surface area (Å²) in [5.41, 5.74) is 7.58. The molecule has 3 nitrogen and oxygen atoms in total. The fourth-order valence-corrected chi connectivity index (χ4v) is 2.91. The van der Waals surface area contributed by atoms with E-state index >= 15 is 0 Å². The van der Waals surface area contributed by atoms with Gasteiger partial charge in [0, 0.05) is 12.8 Å². The molecular formula is C17H25NO2. The van der Waals surface area contributed by atoms with Gasteiger partial charge in [0.05, 0.1) is 12.2 Å². The Morgan fingerprint density at radius 2 is 2.15 bits per heavy atom. The average molecular weight is 275 g/mol. The summed E-state index contributed by atoms with van der Waals surface area (Å²) in [4.78, 5) is 12.4. The molecule has 1 unspecified atom stereocenters. The summed E-state index contributed by atoms with van der Waals surface area (Å²) in [6.45, 7) is 5.80. The van der Waals surface area contributed by atoms with Crippen molar-refractivity contribution in [2.24, 2.45) is 17.6 Å². The molecule has 2 N–H and O–H groups in total. The quantitative estimate of drug-likeness (QED) is 0.777. The third kappa shape index (κ3) is 3.40. The zero-order valence-electron chi connectivity index (χ0n) is 12.5. The topological polar surface area (TPSA) is 52.3 Å². The highest BCUT2D eigenvalue weighted by molar-refractivity contribution is 5.99. The minimum Gasteiger partial charge on any atom is -0.492 e. The van der Waals surface area contributed by atoms with Gasteiger partial charge >= 0.3 is 0 Å². The molecule has 1 aliphatic heterocycles. The molecule has 1 aliphatic rings. The Morgan fingerprint density at radius 1 is 1.35 bits per heavy atom. The van der Waals surface area contributed by atoms with Gasteiger partial charge in [0.25, 0.3) is 0 Å². The molecule has 1 heterocycles. The number of ketones is 1. The van der Waals surface area contributed by atoms with E-state index in [1.54, 1.807) is 0 Å². The lowest BCUT2D eigenvalue weighted by molar-refractivity contribution is 0.0966. The number of carbonyl (C=O) groups excluding carboxylic acids is 1. The summed E-state index contributed by atoms with van der Waals surface area (Å²) in [7, 11) is 0. The smallest absolute Gasteiger partial charge is 0.166 e. The van der Waals surface area contributed by atoms with Crippen LogP contribution in [0.15, 0.2) is 18.2 Å². The van der Waals surface area contributed by atoms with Crippen molar-refractivity contribution in [2.45, 2.75) is 39.5 Å². The van der Waals surface area contributed by atoms with Crippen LogP contribution in [-0.2, 0) is 6.42 Å². The Bertz CT molecular complexity index is 468. The number of nitrogens with two attached hydrogens (primary N) is 1. The normalized spacial score (nSPS) is 15.0. The highest BCUT2D eigenvalue weighted by atomic mass is 16.5. The number of para-hydroxylation sites is 1. The highest BCUT2D eigenvalue weighted by Crippen LogP contribution is 2.31. The van der Waals surface area contributed by atoms with E-state index in [-0.39, 0.29) is 5.78 Å². The molecule has 1 aromatic carbocycles. The highest BCUT2D eigenvalue weighted by Gasteiger charge is 2.21. The first-order chi connectivity index (χ1) is 9.63. The molecule has 1 atom stereocenters. The van der Waals surface area contributed by atoms with Crippen molar-refractivity contribution < 1.29 is 9.53 Å². The van der Waals surface area contributed by atoms with Gasteiger partial charge in [-0.2, -0.15) is 0 Å². The number of carbonyl (C=O) groups is 1. The van der Waals surface area contributed by atoms with Crippen molar-refractivity contribution in [1.82, 2.24) is 0 Å². The van der Waals surface area contributed by atoms with E-state index in [1.807, 2.05) is 18.2 Å². The van der Waals surface area contributed by atoms with E-state index in [9.17, 15) is 4.79 Å². The van der Waals surface area contributed by atoms with Crippen molar-refractivity contribution in [3.8, 4) is 5.75 Å². The van der Waals surface area contributed by atoms with Crippen molar-refractivity contribution in [1.29, 1.82) is 0 Å². The lowest BCUT2D eigenvalue weighted by Gasteiger charge is -2.19. The van der Waals surface area contributed by atoms with Gasteiger partial charge in [0.15, 0.2) is 5.78 Å². The van der Waals surface area contributed by atoms with E-state index < -0.39 is 0 Å². The number of rotatable bonds is 7. The van der Waals surface area contributed by atoms with Gasteiger partial charge in [-0.3, -0.25) is 4.79 Å². The molecule has 3 heteroatoms. The second-order valence-corrected chi connectivity index (χ2v) is 5.94. The predicted octanol–water partition coefficient (Wildman–Crippen LogP) is 3.21. The molecule has 2 rings (SSSR count). The molecule has 0 fully saturated rings. The van der Waals surface area contributed by atoms with Crippen LogP contribution in [0, 0.1) is 11.8 Å². The number of Topliss-reactive ketones (excluding diaryl/α,β-unsaturated/α-hetero) is 1. The number of ether oxygens (including phenoxy) is 1. The zero-order chi connectivity index (χ0) is 14.5. The number of benzene rings is 1. The predicted molar refractivity (Wildman–Crippen MR) is 81.2 cm³/mol. The van der Waals surface area contributed by atoms with E-state index in [0.29, 0.717) is 31.4 Å². The van der Waals surface area contributed by atoms with E-state index in [1.165, 1.54) is 5.56 Å². The number of hydrogen-bond donors (Lipinski definition) is 1. The van der Waals surface area contributed by atoms with E-state index in [4.69, 9.17) is 10.5 Å². The summed E-state index contributed by atoms with van der Waals surface area (Å²) in [5.74, 6) is 2.12. The maximum Gasteiger partial charge on any atom is 0.166 e. The van der Waals surface area contributed by atoms with Crippen LogP contribution < -0.4 is 10.5 Å². The first-order valence-corrected chi connectivity index (χ1v) is 7.61. The fourth-order valence-electron chi connectivity index (χ4n) is 2.91. The first-order valence-electron chi connectivity index (χ1n) is 7.61. The van der Waals surface area contributed by atoms with Crippen LogP contribution in [0.3, 0.4) is 0 Å². The van der Waals surface area contributed by atoms with Gasteiger partial charge < -0.3 is 10.5 Å². The van der Waals surface area contributed by atoms with Gasteiger partial charge in [-0.05, 0) is 42.9 Å². The molecule has 0 amide bonds. The summed E-state index contributed by atoms with van der Waals surface area (Å²) in [6.07, 6.45) is 3.41. The molecular weight excluding hydrogens is 250 g/mol. The van der Waals surface area contributed by atoms with Gasteiger partial charge in [-0.1, -0.05) is 26.0 Å². The number of fused-ring (bicyclic) bond motifs is 1. The van der Waals surface area contributed by atoms with Crippen molar-refractivity contribution >= 4 is 5.78 Å². The maximum atomic E-state index is 12.4. The van der Waals surface area contributed by atoms with E-state index in [2.05, 4.69) is 13.8 Å². The summed E-state index contributed by atoms with van der Waals surface area (Å²) < 4.78 is 5.61. The Morgan fingerprint density at radius 3 is 2.85 bits per heavy atom. The van der Waals surface area contributed by atoms with Crippen LogP contribution in [0.5, 0.6) is 5.75 Å². The van der Waals surface area contributed by atoms with Crippen molar-refractivity contribution in [3.05, 3.63) is 29.3 Å². The molecule has 0 bridgehead atoms. The molecule has 0 aromatic heterocycles. The van der Waals surface area contributed by atoms with Crippen molar-refractivity contribution in [3.63, 3.8) is 0 Å². The Hall–Kier alpha value is -1.35. The standard InChI is InChI=1S/C17H25NO2/c1-12(2)13(8-10-18)6-7-16(19)15-5-3-4-14-9-11-20-17(14)15/h3-5,12-13H,6-11,18H2,1-2H3. The molecule has 0 saturated carbocycles. The zero-order valence-corrected chi connectivity index (χ0v) is 12.5. The molecule has 0 saturated heterocycles. The third-order valence-electron chi connectivity index (χ3n) is 4.24. The van der Waals surface area contributed by atoms with Gasteiger partial charge in [-0.15, -0.1) is 0 Å². The second-order valence-electron chi connectivity index (χ2n) is 5.94. The fraction of sp³-hybridized carbons (Fsp3) is 0.588. The monoisotopic (exact) mass is 275 g/mol. The summed E-state index contributed by atoms with van der Waals surface area (Å²) >= 11 is 0. The number of hydrogen-bond acceptors (Lipinski definition) is 3. The molecule has 0 radical (unpaired) electrons. The van der Waals surface area contributed by atoms with Crippen LogP contribution >= 0.6 is 0 Å². The molecule has 1 aromatic rings. The lowest BCUT2D eigenvalue weighted by atomic mass is 9.87. The summed E-state index contributed by atoms with van der Waals surface area (Å²) in [5, 5.41) is 0. The molecule has 0 spiro atoms. The minimum atomic E-state index is 0.200. The van der Waals surface area contributed by atoms with Crippen LogP contribution in [0.25, 0.3) is 0 Å². The van der Waals surface area contributed by atoms with Crippen molar-refractivity contribution in [2.75, 3.05) is 13.2 Å². The minimum absolute atomic E-state index is 0.200. The SMILES string of the molecule is CC(C)C(CCN)CCC(=O)c1cccc2c1OCC2. The molecule has 110 valence electrons. The largest absolute Gasteiger partial charge is 0.492 e. The Labute approximate surface area is 121 Å².